The van der Waals surface area contributed by atoms with Crippen LogP contribution < -0.4 is 10.6 Å². The number of carbonyl (C=O) groups excluding carboxylic acids is 3. The Morgan fingerprint density at radius 1 is 1.09 bits per heavy atom. The largest absolute Gasteiger partial charge is 0.453 e. The van der Waals surface area contributed by atoms with Crippen molar-refractivity contribution in [3.05, 3.63) is 34.9 Å². The lowest BCUT2D eigenvalue weighted by molar-refractivity contribution is -0.0176. The Hall–Kier alpha value is -2.50. The number of nitrogens with zero attached hydrogens (tertiary/aromatic N) is 2. The van der Waals surface area contributed by atoms with Crippen LogP contribution in [0.25, 0.3) is 0 Å². The van der Waals surface area contributed by atoms with Crippen LogP contribution in [0.3, 0.4) is 0 Å². The molecule has 12 heteroatoms. The van der Waals surface area contributed by atoms with Gasteiger partial charge in [0.25, 0.3) is 0 Å². The Morgan fingerprint density at radius 2 is 1.83 bits per heavy atom. The zero-order chi connectivity index (χ0) is 33.7. The number of alkyl carbamates (subject to hydrolysis) is 1. The summed E-state index contributed by atoms with van der Waals surface area (Å²) in [7, 11) is 1.78. The summed E-state index contributed by atoms with van der Waals surface area (Å²) in [6.07, 6.45) is 7.41. The van der Waals surface area contributed by atoms with E-state index in [4.69, 9.17) is 25.8 Å². The van der Waals surface area contributed by atoms with E-state index in [1.54, 1.807) is 11.9 Å². The average Bonchev–Trinajstić information content (AvgIpc) is 3.01. The standard InChI is InChI=1S/C34H57ClN4O6Si/c1-25(36-33(41)43-3)24-45-31(27-14-10-16-29(35)21-27)28-15-11-17-39(22-28)32(40)37-30(20-26-12-8-7-9-13-26)23-38(2)34(42)44-18-19-46(4,5)6/h10,14,16,21,25-26,28,30-31H,7-9,11-13,15,17-20,22-24H2,1-6H3,(H,36,41)(H,37,40)/t25-,28?,30+,31+/m1/s1. The molecular weight excluding hydrogens is 624 g/mol. The van der Waals surface area contributed by atoms with Gasteiger partial charge in [0.15, 0.2) is 0 Å². The normalized spacial score (nSPS) is 19.5. The van der Waals surface area contributed by atoms with Crippen LogP contribution in [0.4, 0.5) is 14.4 Å². The maximum Gasteiger partial charge on any atom is 0.409 e. The van der Waals surface area contributed by atoms with E-state index in [2.05, 4.69) is 30.3 Å². The van der Waals surface area contributed by atoms with Gasteiger partial charge in [-0.3, -0.25) is 0 Å². The number of methoxy groups -OCH3 is 1. The Morgan fingerprint density at radius 3 is 2.50 bits per heavy atom. The minimum atomic E-state index is -1.31. The zero-order valence-electron chi connectivity index (χ0n) is 28.8. The number of likely N-dealkylation sites (N-methyl/N-ethyl adjacent to an activating group) is 1. The van der Waals surface area contributed by atoms with Gasteiger partial charge < -0.3 is 34.6 Å². The first-order chi connectivity index (χ1) is 21.8. The first kappa shape index (κ1) is 37.9. The number of rotatable bonds is 14. The van der Waals surface area contributed by atoms with Gasteiger partial charge in [0.05, 0.1) is 32.5 Å². The molecule has 1 heterocycles. The van der Waals surface area contributed by atoms with E-state index in [1.807, 2.05) is 36.1 Å². The summed E-state index contributed by atoms with van der Waals surface area (Å²) in [5.41, 5.74) is 0.939. The lowest BCUT2D eigenvalue weighted by Gasteiger charge is -2.38. The number of amides is 4. The third-order valence-corrected chi connectivity index (χ3v) is 10.9. The van der Waals surface area contributed by atoms with Gasteiger partial charge in [0.1, 0.15) is 0 Å². The number of hydrogen-bond acceptors (Lipinski definition) is 6. The number of nitrogens with one attached hydrogen (secondary N) is 2. The summed E-state index contributed by atoms with van der Waals surface area (Å²) in [6, 6.07) is 8.00. The molecule has 2 aliphatic rings. The summed E-state index contributed by atoms with van der Waals surface area (Å²) >= 11 is 6.37. The minimum absolute atomic E-state index is 0.0316. The minimum Gasteiger partial charge on any atom is -0.453 e. The average molecular weight is 681 g/mol. The summed E-state index contributed by atoms with van der Waals surface area (Å²) < 4.78 is 16.8. The lowest BCUT2D eigenvalue weighted by atomic mass is 9.84. The number of benzene rings is 1. The smallest absolute Gasteiger partial charge is 0.409 e. The summed E-state index contributed by atoms with van der Waals surface area (Å²) in [6.45, 7) is 10.9. The predicted octanol–water partition coefficient (Wildman–Crippen LogP) is 7.31. The van der Waals surface area contributed by atoms with Gasteiger partial charge in [0.2, 0.25) is 0 Å². The van der Waals surface area contributed by atoms with Crippen molar-refractivity contribution in [1.29, 1.82) is 0 Å². The molecule has 0 spiro atoms. The zero-order valence-corrected chi connectivity index (χ0v) is 30.6. The molecule has 0 radical (unpaired) electrons. The molecule has 0 aromatic heterocycles. The molecule has 1 aliphatic carbocycles. The molecule has 2 fully saturated rings. The second kappa shape index (κ2) is 18.7. The van der Waals surface area contributed by atoms with Crippen molar-refractivity contribution in [2.45, 2.75) is 102 Å². The Balaban J connectivity index is 1.68. The second-order valence-electron chi connectivity index (χ2n) is 14.4. The first-order valence-corrected chi connectivity index (χ1v) is 21.1. The maximum atomic E-state index is 13.8. The van der Waals surface area contributed by atoms with E-state index >= 15 is 0 Å². The molecular formula is C34H57ClN4O6Si. The number of ether oxygens (including phenoxy) is 3. The van der Waals surface area contributed by atoms with E-state index in [0.717, 1.165) is 43.7 Å². The highest BCUT2D eigenvalue weighted by atomic mass is 35.5. The first-order valence-electron chi connectivity index (χ1n) is 17.0. The van der Waals surface area contributed by atoms with Crippen LogP contribution in [0.15, 0.2) is 24.3 Å². The Bertz CT molecular complexity index is 1120. The van der Waals surface area contributed by atoms with Crippen molar-refractivity contribution < 1.29 is 28.6 Å². The number of urea groups is 1. The summed E-state index contributed by atoms with van der Waals surface area (Å²) in [4.78, 5) is 41.9. The predicted molar refractivity (Wildman–Crippen MR) is 185 cm³/mol. The molecule has 1 aromatic carbocycles. The Kier molecular flexibility index (Phi) is 15.5. The molecule has 1 aromatic rings. The maximum absolute atomic E-state index is 13.8. The van der Waals surface area contributed by atoms with Crippen LogP contribution in [0.1, 0.15) is 70.0 Å². The SMILES string of the molecule is COC(=O)N[C@H](C)CO[C@@H](c1cccc(Cl)c1)C1CCCN(C(=O)N[C@@H](CC2CCCCC2)CN(C)C(=O)OCC[Si](C)(C)C)C1. The van der Waals surface area contributed by atoms with Gasteiger partial charge >= 0.3 is 18.2 Å². The topological polar surface area (TPSA) is 109 Å². The third kappa shape index (κ3) is 13.3. The highest BCUT2D eigenvalue weighted by Crippen LogP contribution is 2.34. The molecule has 4 amide bonds. The van der Waals surface area contributed by atoms with E-state index < -0.39 is 14.2 Å². The van der Waals surface area contributed by atoms with Crippen LogP contribution >= 0.6 is 11.6 Å². The van der Waals surface area contributed by atoms with Crippen molar-refractivity contribution in [3.8, 4) is 0 Å². The van der Waals surface area contributed by atoms with Crippen LogP contribution in [-0.4, -0.2) is 95.2 Å². The fraction of sp³-hybridized carbons (Fsp3) is 0.735. The van der Waals surface area contributed by atoms with Gasteiger partial charge in [-0.25, -0.2) is 14.4 Å². The molecule has 3 rings (SSSR count). The number of likely N-dealkylation sites (tertiary alicyclic amines) is 1. The molecule has 1 saturated heterocycles. The summed E-state index contributed by atoms with van der Waals surface area (Å²) in [5, 5.41) is 6.68. The van der Waals surface area contributed by atoms with Crippen LogP contribution in [0, 0.1) is 11.8 Å². The monoisotopic (exact) mass is 680 g/mol. The molecule has 10 nitrogen and oxygen atoms in total. The van der Waals surface area contributed by atoms with Crippen molar-refractivity contribution in [2.24, 2.45) is 11.8 Å². The van der Waals surface area contributed by atoms with E-state index in [-0.39, 0.29) is 42.8 Å². The number of piperidine rings is 1. The number of hydrogen-bond donors (Lipinski definition) is 2. The highest BCUT2D eigenvalue weighted by Gasteiger charge is 2.33. The fourth-order valence-corrected chi connectivity index (χ4v) is 7.32. The van der Waals surface area contributed by atoms with Gasteiger partial charge in [-0.1, -0.05) is 75.5 Å². The lowest BCUT2D eigenvalue weighted by Crippen LogP contribution is -2.52. The van der Waals surface area contributed by atoms with Gasteiger partial charge in [0, 0.05) is 51.7 Å². The van der Waals surface area contributed by atoms with Gasteiger partial charge in [-0.05, 0) is 55.8 Å². The Labute approximate surface area is 282 Å². The van der Waals surface area contributed by atoms with Gasteiger partial charge in [-0.2, -0.15) is 0 Å². The van der Waals surface area contributed by atoms with E-state index in [9.17, 15) is 14.4 Å². The van der Waals surface area contributed by atoms with Gasteiger partial charge in [-0.15, -0.1) is 0 Å². The molecule has 1 aliphatic heterocycles. The van der Waals surface area contributed by atoms with Crippen LogP contribution in [0.5, 0.6) is 0 Å². The van der Waals surface area contributed by atoms with E-state index in [0.29, 0.717) is 37.2 Å². The van der Waals surface area contributed by atoms with Crippen molar-refractivity contribution in [2.75, 3.05) is 47.0 Å². The second-order valence-corrected chi connectivity index (χ2v) is 20.4. The molecule has 4 atom stereocenters. The van der Waals surface area contributed by atoms with E-state index in [1.165, 1.54) is 26.4 Å². The summed E-state index contributed by atoms with van der Waals surface area (Å²) in [5.74, 6) is 0.565. The molecule has 260 valence electrons. The molecule has 2 N–H and O–H groups in total. The van der Waals surface area contributed by atoms with Crippen molar-refractivity contribution in [3.63, 3.8) is 0 Å². The van der Waals surface area contributed by atoms with Crippen molar-refractivity contribution in [1.82, 2.24) is 20.4 Å². The van der Waals surface area contributed by atoms with Crippen molar-refractivity contribution >= 4 is 37.9 Å². The molecule has 0 bridgehead atoms. The quantitative estimate of drug-likeness (QED) is 0.200. The number of halogens is 1. The fourth-order valence-electron chi connectivity index (χ4n) is 6.41. The molecule has 46 heavy (non-hydrogen) atoms. The van der Waals surface area contributed by atoms with Crippen LogP contribution in [0.2, 0.25) is 30.7 Å². The number of carbonyl (C=O) groups is 3. The highest BCUT2D eigenvalue weighted by molar-refractivity contribution is 6.76. The molecule has 1 unspecified atom stereocenters. The third-order valence-electron chi connectivity index (χ3n) is 8.98. The van der Waals surface area contributed by atoms with Crippen LogP contribution in [-0.2, 0) is 14.2 Å². The molecule has 1 saturated carbocycles.